The Bertz CT molecular complexity index is 344. The van der Waals surface area contributed by atoms with Crippen LogP contribution in [0.25, 0.3) is 0 Å². The third-order valence-electron chi connectivity index (χ3n) is 2.94. The van der Waals surface area contributed by atoms with Crippen molar-refractivity contribution in [3.05, 3.63) is 24.3 Å². The highest BCUT2D eigenvalue weighted by molar-refractivity contribution is 5.91. The lowest BCUT2D eigenvalue weighted by atomic mass is 9.95. The zero-order valence-corrected chi connectivity index (χ0v) is 11.5. The van der Waals surface area contributed by atoms with Crippen LogP contribution >= 0.6 is 0 Å². The van der Waals surface area contributed by atoms with Gasteiger partial charge in [0.1, 0.15) is 0 Å². The van der Waals surface area contributed by atoms with Crippen molar-refractivity contribution in [2.75, 3.05) is 13.2 Å². The molecule has 1 unspecified atom stereocenters. The number of allylic oxidation sites excluding steroid dienone is 2. The predicted molar refractivity (Wildman–Crippen MR) is 72.4 cm³/mol. The van der Waals surface area contributed by atoms with Crippen molar-refractivity contribution in [2.45, 2.75) is 39.0 Å². The van der Waals surface area contributed by atoms with Crippen LogP contribution in [0.15, 0.2) is 24.3 Å². The summed E-state index contributed by atoms with van der Waals surface area (Å²) in [6, 6.07) is 0. The molecule has 0 bridgehead atoms. The lowest BCUT2D eigenvalue weighted by Gasteiger charge is -2.16. The van der Waals surface area contributed by atoms with E-state index < -0.39 is 11.9 Å². The van der Waals surface area contributed by atoms with Gasteiger partial charge < -0.3 is 9.47 Å². The van der Waals surface area contributed by atoms with Gasteiger partial charge in [0.2, 0.25) is 0 Å². The predicted octanol–water partition coefficient (Wildman–Crippen LogP) is 2.79. The largest absolute Gasteiger partial charge is 0.463 e. The smallest absolute Gasteiger partial charge is 0.331 e. The van der Waals surface area contributed by atoms with E-state index in [0.717, 1.165) is 44.3 Å². The number of rotatable bonds is 7. The van der Waals surface area contributed by atoms with Gasteiger partial charge in [-0.05, 0) is 31.6 Å². The highest BCUT2D eigenvalue weighted by Gasteiger charge is 2.11. The molecular formula is C15H22O4. The number of ether oxygens (including phenoxy) is 2. The van der Waals surface area contributed by atoms with Gasteiger partial charge in [-0.3, -0.25) is 0 Å². The van der Waals surface area contributed by atoms with Gasteiger partial charge in [-0.15, -0.1) is 0 Å². The maximum Gasteiger partial charge on any atom is 0.331 e. The van der Waals surface area contributed by atoms with Gasteiger partial charge in [-0.1, -0.05) is 25.5 Å². The molecule has 1 rings (SSSR count). The van der Waals surface area contributed by atoms with Crippen LogP contribution in [-0.4, -0.2) is 25.2 Å². The molecule has 0 saturated carbocycles. The zero-order chi connectivity index (χ0) is 13.9. The van der Waals surface area contributed by atoms with Crippen LogP contribution in [0.4, 0.5) is 0 Å². The molecule has 0 aliphatic heterocycles. The summed E-state index contributed by atoms with van der Waals surface area (Å²) in [6.07, 6.45) is 11.4. The van der Waals surface area contributed by atoms with Crippen LogP contribution in [0.3, 0.4) is 0 Å². The second-order valence-electron chi connectivity index (χ2n) is 4.63. The number of carbonyl (C=O) groups excluding carboxylic acids is 2. The number of hydrogen-bond donors (Lipinski definition) is 0. The average Bonchev–Trinajstić information content (AvgIpc) is 2.44. The molecule has 0 aromatic rings. The van der Waals surface area contributed by atoms with E-state index in [9.17, 15) is 9.59 Å². The molecule has 0 heterocycles. The van der Waals surface area contributed by atoms with Crippen LogP contribution in [0.5, 0.6) is 0 Å². The van der Waals surface area contributed by atoms with E-state index in [1.807, 2.05) is 6.92 Å². The van der Waals surface area contributed by atoms with E-state index in [1.54, 1.807) is 0 Å². The Morgan fingerprint density at radius 3 is 2.58 bits per heavy atom. The van der Waals surface area contributed by atoms with Crippen molar-refractivity contribution < 1.29 is 19.1 Å². The molecule has 0 aromatic heterocycles. The molecule has 1 aliphatic rings. The third kappa shape index (κ3) is 7.44. The van der Waals surface area contributed by atoms with Crippen LogP contribution < -0.4 is 0 Å². The first kappa shape index (κ1) is 15.5. The summed E-state index contributed by atoms with van der Waals surface area (Å²) in [5.41, 5.74) is 0. The SMILES string of the molecule is CCCCOC(=O)/C=C/C(=O)OCC1CC=CCC1. The molecule has 0 aromatic carbocycles. The molecular weight excluding hydrogens is 244 g/mol. The van der Waals surface area contributed by atoms with E-state index in [0.29, 0.717) is 19.1 Å². The van der Waals surface area contributed by atoms with E-state index >= 15 is 0 Å². The van der Waals surface area contributed by atoms with Gasteiger partial charge in [0.15, 0.2) is 0 Å². The van der Waals surface area contributed by atoms with Crippen LogP contribution in [0.1, 0.15) is 39.0 Å². The van der Waals surface area contributed by atoms with Crippen LogP contribution in [0.2, 0.25) is 0 Å². The Balaban J connectivity index is 2.15. The summed E-state index contributed by atoms with van der Waals surface area (Å²) in [6.45, 7) is 2.82. The minimum absolute atomic E-state index is 0.392. The summed E-state index contributed by atoms with van der Waals surface area (Å²) >= 11 is 0. The van der Waals surface area contributed by atoms with E-state index in [-0.39, 0.29) is 0 Å². The van der Waals surface area contributed by atoms with Crippen molar-refractivity contribution in [1.82, 2.24) is 0 Å². The Kier molecular flexibility index (Phi) is 7.63. The molecule has 1 aliphatic carbocycles. The Morgan fingerprint density at radius 1 is 1.21 bits per heavy atom. The second kappa shape index (κ2) is 9.36. The number of carbonyl (C=O) groups is 2. The van der Waals surface area contributed by atoms with Gasteiger partial charge in [-0.25, -0.2) is 9.59 Å². The summed E-state index contributed by atoms with van der Waals surface area (Å²) in [4.78, 5) is 22.6. The standard InChI is InChI=1S/C15H22O4/c1-2-3-11-18-14(16)9-10-15(17)19-12-13-7-5-4-6-8-13/h4-5,9-10,13H,2-3,6-8,11-12H2,1H3/b10-9+. The van der Waals surface area contributed by atoms with Gasteiger partial charge in [-0.2, -0.15) is 0 Å². The number of hydrogen-bond acceptors (Lipinski definition) is 4. The van der Waals surface area contributed by atoms with Crippen molar-refractivity contribution in [1.29, 1.82) is 0 Å². The first-order chi connectivity index (χ1) is 9.22. The Hall–Kier alpha value is -1.58. The second-order valence-corrected chi connectivity index (χ2v) is 4.63. The Labute approximate surface area is 114 Å². The van der Waals surface area contributed by atoms with E-state index in [2.05, 4.69) is 12.2 Å². The van der Waals surface area contributed by atoms with Crippen LogP contribution in [-0.2, 0) is 19.1 Å². The fourth-order valence-corrected chi connectivity index (χ4v) is 1.76. The minimum atomic E-state index is -0.494. The molecule has 0 saturated heterocycles. The topological polar surface area (TPSA) is 52.6 Å². The zero-order valence-electron chi connectivity index (χ0n) is 11.5. The van der Waals surface area contributed by atoms with E-state index in [4.69, 9.17) is 9.47 Å². The fraction of sp³-hybridized carbons (Fsp3) is 0.600. The summed E-state index contributed by atoms with van der Waals surface area (Å²) in [5.74, 6) is -0.577. The quantitative estimate of drug-likeness (QED) is 0.308. The molecule has 0 fully saturated rings. The number of unbranched alkanes of at least 4 members (excludes halogenated alkanes) is 1. The molecule has 4 heteroatoms. The Morgan fingerprint density at radius 2 is 1.95 bits per heavy atom. The first-order valence-corrected chi connectivity index (χ1v) is 6.89. The normalized spacial score (nSPS) is 18.5. The molecule has 0 amide bonds. The van der Waals surface area contributed by atoms with Gasteiger partial charge in [0.25, 0.3) is 0 Å². The van der Waals surface area contributed by atoms with Crippen molar-refractivity contribution >= 4 is 11.9 Å². The van der Waals surface area contributed by atoms with Gasteiger partial charge >= 0.3 is 11.9 Å². The monoisotopic (exact) mass is 266 g/mol. The lowest BCUT2D eigenvalue weighted by molar-refractivity contribution is -0.141. The molecule has 0 radical (unpaired) electrons. The van der Waals surface area contributed by atoms with E-state index in [1.165, 1.54) is 0 Å². The van der Waals surface area contributed by atoms with Crippen LogP contribution in [0, 0.1) is 5.92 Å². The summed E-state index contributed by atoms with van der Waals surface area (Å²) in [7, 11) is 0. The molecule has 0 N–H and O–H groups in total. The lowest BCUT2D eigenvalue weighted by Crippen LogP contribution is -2.14. The highest BCUT2D eigenvalue weighted by atomic mass is 16.5. The van der Waals surface area contributed by atoms with Gasteiger partial charge in [0.05, 0.1) is 13.2 Å². The molecule has 19 heavy (non-hydrogen) atoms. The third-order valence-corrected chi connectivity index (χ3v) is 2.94. The molecule has 106 valence electrons. The van der Waals surface area contributed by atoms with Crippen molar-refractivity contribution in [3.8, 4) is 0 Å². The van der Waals surface area contributed by atoms with Crippen molar-refractivity contribution in [3.63, 3.8) is 0 Å². The average molecular weight is 266 g/mol. The van der Waals surface area contributed by atoms with Gasteiger partial charge in [0, 0.05) is 12.2 Å². The minimum Gasteiger partial charge on any atom is -0.463 e. The maximum atomic E-state index is 11.4. The van der Waals surface area contributed by atoms with Crippen molar-refractivity contribution in [2.24, 2.45) is 5.92 Å². The number of esters is 2. The fourth-order valence-electron chi connectivity index (χ4n) is 1.76. The maximum absolute atomic E-state index is 11.4. The first-order valence-electron chi connectivity index (χ1n) is 6.89. The summed E-state index contributed by atoms with van der Waals surface area (Å²) in [5, 5.41) is 0. The molecule has 4 nitrogen and oxygen atoms in total. The molecule has 1 atom stereocenters. The summed E-state index contributed by atoms with van der Waals surface area (Å²) < 4.78 is 9.97. The highest BCUT2D eigenvalue weighted by Crippen LogP contribution is 2.18. The molecule has 0 spiro atoms.